The third-order valence-corrected chi connectivity index (χ3v) is 3.24. The van der Waals surface area contributed by atoms with Gasteiger partial charge < -0.3 is 15.2 Å². The smallest absolute Gasteiger partial charge is 0.134 e. The fourth-order valence-electron chi connectivity index (χ4n) is 1.62. The summed E-state index contributed by atoms with van der Waals surface area (Å²) in [5, 5.41) is 14.9. The van der Waals surface area contributed by atoms with Gasteiger partial charge in [-0.2, -0.15) is 0 Å². The van der Waals surface area contributed by atoms with Crippen molar-refractivity contribution in [2.75, 3.05) is 13.7 Å². The minimum absolute atomic E-state index is 0.258. The second-order valence-electron chi connectivity index (χ2n) is 4.33. The molecule has 1 atom stereocenters. The zero-order chi connectivity index (χ0) is 12.0. The largest absolute Gasteiger partial charge is 0.496 e. The lowest BCUT2D eigenvalue weighted by molar-refractivity contribution is 0.146. The van der Waals surface area contributed by atoms with E-state index in [1.54, 1.807) is 18.4 Å². The maximum Gasteiger partial charge on any atom is 0.134 e. The highest BCUT2D eigenvalue weighted by molar-refractivity contribution is 7.10. The first kappa shape index (κ1) is 13.5. The molecule has 0 saturated heterocycles. The molecular weight excluding hydrogens is 222 g/mol. The molecule has 0 aliphatic rings. The molecule has 1 aromatic rings. The van der Waals surface area contributed by atoms with Crippen molar-refractivity contribution in [1.29, 1.82) is 0 Å². The average molecular weight is 243 g/mol. The van der Waals surface area contributed by atoms with E-state index in [0.717, 1.165) is 18.7 Å². The van der Waals surface area contributed by atoms with E-state index in [1.807, 2.05) is 11.4 Å². The number of nitrogens with one attached hydrogen (secondary N) is 1. The summed E-state index contributed by atoms with van der Waals surface area (Å²) < 4.78 is 5.22. The molecule has 0 spiro atoms. The highest BCUT2D eigenvalue weighted by Crippen LogP contribution is 2.23. The van der Waals surface area contributed by atoms with Gasteiger partial charge in [-0.05, 0) is 23.8 Å². The van der Waals surface area contributed by atoms with Crippen LogP contribution in [0.4, 0.5) is 0 Å². The summed E-state index contributed by atoms with van der Waals surface area (Å²) in [6.45, 7) is 5.63. The molecule has 1 aromatic heterocycles. The third-order valence-electron chi connectivity index (χ3n) is 2.33. The van der Waals surface area contributed by atoms with Crippen LogP contribution in [0.2, 0.25) is 0 Å². The number of aliphatic hydroxyl groups excluding tert-OH is 1. The molecule has 0 radical (unpaired) electrons. The van der Waals surface area contributed by atoms with E-state index in [1.165, 1.54) is 4.88 Å². The van der Waals surface area contributed by atoms with Crippen LogP contribution in [-0.4, -0.2) is 24.9 Å². The van der Waals surface area contributed by atoms with Crippen LogP contribution >= 0.6 is 11.3 Å². The summed E-state index contributed by atoms with van der Waals surface area (Å²) in [7, 11) is 1.68. The summed E-state index contributed by atoms with van der Waals surface area (Å²) >= 11 is 1.67. The molecule has 0 bridgehead atoms. The van der Waals surface area contributed by atoms with E-state index in [-0.39, 0.29) is 6.10 Å². The quantitative estimate of drug-likeness (QED) is 0.772. The molecule has 2 N–H and O–H groups in total. The molecular formula is C12H21NO2S. The first-order chi connectivity index (χ1) is 7.63. The Balaban J connectivity index is 2.25. The highest BCUT2D eigenvalue weighted by atomic mass is 32.1. The lowest BCUT2D eigenvalue weighted by Gasteiger charge is -2.13. The Bertz CT molecular complexity index is 299. The molecule has 0 aromatic carbocycles. The van der Waals surface area contributed by atoms with E-state index in [4.69, 9.17) is 4.74 Å². The molecule has 16 heavy (non-hydrogen) atoms. The number of rotatable bonds is 7. The molecule has 0 aliphatic carbocycles. The van der Waals surface area contributed by atoms with E-state index in [2.05, 4.69) is 19.2 Å². The monoisotopic (exact) mass is 243 g/mol. The fraction of sp³-hybridized carbons (Fsp3) is 0.667. The van der Waals surface area contributed by atoms with E-state index >= 15 is 0 Å². The van der Waals surface area contributed by atoms with Gasteiger partial charge in [-0.3, -0.25) is 0 Å². The molecule has 4 heteroatoms. The molecule has 1 heterocycles. The lowest BCUT2D eigenvalue weighted by Crippen LogP contribution is -2.27. The van der Waals surface area contributed by atoms with Gasteiger partial charge in [0.15, 0.2) is 0 Å². The van der Waals surface area contributed by atoms with Crippen molar-refractivity contribution in [1.82, 2.24) is 5.32 Å². The predicted octanol–water partition coefficient (Wildman–Crippen LogP) is 2.25. The van der Waals surface area contributed by atoms with Crippen LogP contribution in [-0.2, 0) is 6.54 Å². The Kier molecular flexibility index (Phi) is 5.80. The molecule has 0 aliphatic heterocycles. The normalized spacial score (nSPS) is 13.1. The van der Waals surface area contributed by atoms with Gasteiger partial charge in [-0.25, -0.2) is 0 Å². The second kappa shape index (κ2) is 6.89. The van der Waals surface area contributed by atoms with Gasteiger partial charge >= 0.3 is 0 Å². The molecule has 0 fully saturated rings. The number of ether oxygens (including phenoxy) is 1. The summed E-state index contributed by atoms with van der Waals surface area (Å²) in [6, 6.07) is 1.96. The van der Waals surface area contributed by atoms with Crippen molar-refractivity contribution in [2.24, 2.45) is 5.92 Å². The first-order valence-corrected chi connectivity index (χ1v) is 6.50. The Hall–Kier alpha value is -0.580. The minimum Gasteiger partial charge on any atom is -0.496 e. The number of aliphatic hydroxyl groups is 1. The maximum atomic E-state index is 9.68. The van der Waals surface area contributed by atoms with E-state index in [9.17, 15) is 5.11 Å². The van der Waals surface area contributed by atoms with Gasteiger partial charge in [-0.1, -0.05) is 13.8 Å². The van der Waals surface area contributed by atoms with Crippen LogP contribution in [0, 0.1) is 5.92 Å². The topological polar surface area (TPSA) is 41.5 Å². The van der Waals surface area contributed by atoms with Crippen LogP contribution in [0.3, 0.4) is 0 Å². The maximum absolute atomic E-state index is 9.68. The van der Waals surface area contributed by atoms with Gasteiger partial charge in [0.1, 0.15) is 5.75 Å². The highest BCUT2D eigenvalue weighted by Gasteiger charge is 2.08. The number of hydrogen-bond acceptors (Lipinski definition) is 4. The standard InChI is InChI=1S/C12H21NO2S/c1-9(2)6-10(14)7-13-8-12-11(15-3)4-5-16-12/h4-5,9-10,13-14H,6-8H2,1-3H3. The van der Waals surface area contributed by atoms with Crippen LogP contribution in [0.15, 0.2) is 11.4 Å². The molecule has 3 nitrogen and oxygen atoms in total. The Morgan fingerprint density at radius 1 is 1.50 bits per heavy atom. The van der Waals surface area contributed by atoms with Crippen molar-refractivity contribution in [2.45, 2.75) is 32.9 Å². The molecule has 0 amide bonds. The van der Waals surface area contributed by atoms with Crippen LogP contribution in [0.1, 0.15) is 25.1 Å². The first-order valence-electron chi connectivity index (χ1n) is 5.62. The summed E-state index contributed by atoms with van der Waals surface area (Å²) in [5.41, 5.74) is 0. The molecule has 0 saturated carbocycles. The Morgan fingerprint density at radius 3 is 2.88 bits per heavy atom. The Labute approximate surface area is 101 Å². The lowest BCUT2D eigenvalue weighted by atomic mass is 10.1. The molecule has 1 rings (SSSR count). The summed E-state index contributed by atoms with van der Waals surface area (Å²) in [5.74, 6) is 1.46. The van der Waals surface area contributed by atoms with Gasteiger partial charge in [0.2, 0.25) is 0 Å². The van der Waals surface area contributed by atoms with Gasteiger partial charge in [0.25, 0.3) is 0 Å². The molecule has 1 unspecified atom stereocenters. The van der Waals surface area contributed by atoms with Crippen LogP contribution in [0.5, 0.6) is 5.75 Å². The summed E-state index contributed by atoms with van der Waals surface area (Å²) in [4.78, 5) is 1.18. The van der Waals surface area contributed by atoms with Gasteiger partial charge in [-0.15, -0.1) is 11.3 Å². The number of methoxy groups -OCH3 is 1. The fourth-order valence-corrected chi connectivity index (χ4v) is 2.43. The van der Waals surface area contributed by atoms with Crippen molar-refractivity contribution >= 4 is 11.3 Å². The number of hydrogen-bond donors (Lipinski definition) is 2. The van der Waals surface area contributed by atoms with Crippen LogP contribution in [0.25, 0.3) is 0 Å². The third kappa shape index (κ3) is 4.51. The minimum atomic E-state index is -0.258. The second-order valence-corrected chi connectivity index (χ2v) is 5.33. The summed E-state index contributed by atoms with van der Waals surface area (Å²) in [6.07, 6.45) is 0.583. The number of thiophene rings is 1. The van der Waals surface area contributed by atoms with Crippen molar-refractivity contribution < 1.29 is 9.84 Å². The zero-order valence-corrected chi connectivity index (χ0v) is 11.0. The van der Waals surface area contributed by atoms with Crippen molar-refractivity contribution in [3.63, 3.8) is 0 Å². The predicted molar refractivity (Wildman–Crippen MR) is 68.0 cm³/mol. The molecule has 92 valence electrons. The SMILES string of the molecule is COc1ccsc1CNCC(O)CC(C)C. The van der Waals surface area contributed by atoms with Crippen molar-refractivity contribution in [3.05, 3.63) is 16.3 Å². The van der Waals surface area contributed by atoms with Crippen molar-refractivity contribution in [3.8, 4) is 5.75 Å². The van der Waals surface area contributed by atoms with Crippen LogP contribution < -0.4 is 10.1 Å². The Morgan fingerprint density at radius 2 is 2.25 bits per heavy atom. The zero-order valence-electron chi connectivity index (χ0n) is 10.2. The average Bonchev–Trinajstić information content (AvgIpc) is 2.64. The van der Waals surface area contributed by atoms with E-state index in [0.29, 0.717) is 12.5 Å². The van der Waals surface area contributed by atoms with Gasteiger partial charge in [0.05, 0.1) is 18.1 Å². The van der Waals surface area contributed by atoms with E-state index < -0.39 is 0 Å². The van der Waals surface area contributed by atoms with Gasteiger partial charge in [0, 0.05) is 13.1 Å².